The highest BCUT2D eigenvalue weighted by Crippen LogP contribution is 2.43. The number of halogens is 1. The number of hydrogen-bond acceptors (Lipinski definition) is 0. The average Bonchev–Trinajstić information content (AvgIpc) is 2.79. The summed E-state index contributed by atoms with van der Waals surface area (Å²) in [6, 6.07) is 30.8. The van der Waals surface area contributed by atoms with E-state index in [0.29, 0.717) is 5.92 Å². The summed E-state index contributed by atoms with van der Waals surface area (Å²) >= 11 is 3.88. The SMILES string of the molecule is Brc1c2ccccc2c(C2C=Cc3ccc4ccccc4c3C2)c2ccccc12. The van der Waals surface area contributed by atoms with E-state index in [1.807, 2.05) is 0 Å². The molecule has 0 heterocycles. The quantitative estimate of drug-likeness (QED) is 0.233. The van der Waals surface area contributed by atoms with Crippen molar-refractivity contribution in [2.75, 3.05) is 0 Å². The van der Waals surface area contributed by atoms with Gasteiger partial charge in [0, 0.05) is 10.4 Å². The van der Waals surface area contributed by atoms with Crippen LogP contribution in [0.2, 0.25) is 0 Å². The molecule has 5 aromatic rings. The van der Waals surface area contributed by atoms with Crippen LogP contribution in [0.3, 0.4) is 0 Å². The fraction of sp³-hybridized carbons (Fsp3) is 0.0714. The lowest BCUT2D eigenvalue weighted by molar-refractivity contribution is 0.847. The van der Waals surface area contributed by atoms with E-state index in [1.54, 1.807) is 0 Å². The fourth-order valence-electron chi connectivity index (χ4n) is 4.95. The zero-order valence-electron chi connectivity index (χ0n) is 15.9. The summed E-state index contributed by atoms with van der Waals surface area (Å²) in [6.07, 6.45) is 5.75. The molecule has 1 aliphatic carbocycles. The minimum atomic E-state index is 0.358. The van der Waals surface area contributed by atoms with Crippen LogP contribution in [0.15, 0.2) is 95.5 Å². The fourth-order valence-corrected chi connectivity index (χ4v) is 5.64. The lowest BCUT2D eigenvalue weighted by Gasteiger charge is -2.25. The third-order valence-electron chi connectivity index (χ3n) is 6.29. The van der Waals surface area contributed by atoms with E-state index in [2.05, 4.69) is 113 Å². The number of hydrogen-bond donors (Lipinski definition) is 0. The van der Waals surface area contributed by atoms with E-state index in [0.717, 1.165) is 6.42 Å². The van der Waals surface area contributed by atoms with Gasteiger partial charge in [-0.05, 0) is 71.4 Å². The molecule has 1 aliphatic rings. The van der Waals surface area contributed by atoms with E-state index in [1.165, 1.54) is 53.5 Å². The zero-order valence-corrected chi connectivity index (χ0v) is 17.5. The van der Waals surface area contributed by atoms with Gasteiger partial charge in [-0.1, -0.05) is 97.1 Å². The molecule has 0 saturated heterocycles. The summed E-state index contributed by atoms with van der Waals surface area (Å²) in [4.78, 5) is 0. The van der Waals surface area contributed by atoms with Crippen LogP contribution in [0, 0.1) is 0 Å². The lowest BCUT2D eigenvalue weighted by Crippen LogP contribution is -2.08. The largest absolute Gasteiger partial charge is 0.0760 e. The molecule has 0 bridgehead atoms. The Labute approximate surface area is 178 Å². The highest BCUT2D eigenvalue weighted by atomic mass is 79.9. The van der Waals surface area contributed by atoms with Gasteiger partial charge in [0.15, 0.2) is 0 Å². The van der Waals surface area contributed by atoms with Crippen molar-refractivity contribution in [2.24, 2.45) is 0 Å². The first kappa shape index (κ1) is 17.0. The molecule has 0 aliphatic heterocycles. The summed E-state index contributed by atoms with van der Waals surface area (Å²) in [6.45, 7) is 0. The molecule has 0 nitrogen and oxygen atoms in total. The van der Waals surface area contributed by atoms with Gasteiger partial charge < -0.3 is 0 Å². The first-order chi connectivity index (χ1) is 14.3. The summed E-state index contributed by atoms with van der Waals surface area (Å²) in [5, 5.41) is 7.97. The second kappa shape index (κ2) is 6.57. The van der Waals surface area contributed by atoms with E-state index >= 15 is 0 Å². The van der Waals surface area contributed by atoms with Crippen molar-refractivity contribution >= 4 is 54.3 Å². The van der Waals surface area contributed by atoms with Gasteiger partial charge in [-0.15, -0.1) is 0 Å². The van der Waals surface area contributed by atoms with Gasteiger partial charge in [0.2, 0.25) is 0 Å². The molecule has 1 unspecified atom stereocenters. The van der Waals surface area contributed by atoms with Gasteiger partial charge >= 0.3 is 0 Å². The molecule has 1 atom stereocenters. The number of rotatable bonds is 1. The molecule has 1 heteroatoms. The molecule has 138 valence electrons. The van der Waals surface area contributed by atoms with E-state index in [9.17, 15) is 0 Å². The first-order valence-electron chi connectivity index (χ1n) is 10.1. The second-order valence-corrected chi connectivity index (χ2v) is 8.64. The third kappa shape index (κ3) is 2.58. The van der Waals surface area contributed by atoms with Gasteiger partial charge in [-0.2, -0.15) is 0 Å². The molecular formula is C28H19Br. The minimum absolute atomic E-state index is 0.358. The van der Waals surface area contributed by atoms with Crippen molar-refractivity contribution in [3.05, 3.63) is 112 Å². The Morgan fingerprint density at radius 2 is 1.21 bits per heavy atom. The van der Waals surface area contributed by atoms with Crippen LogP contribution < -0.4 is 0 Å². The molecule has 0 saturated carbocycles. The summed E-state index contributed by atoms with van der Waals surface area (Å²) in [5.41, 5.74) is 4.26. The highest BCUT2D eigenvalue weighted by molar-refractivity contribution is 9.10. The summed E-state index contributed by atoms with van der Waals surface area (Å²) in [5.74, 6) is 0.358. The predicted molar refractivity (Wildman–Crippen MR) is 129 cm³/mol. The lowest BCUT2D eigenvalue weighted by atomic mass is 9.79. The van der Waals surface area contributed by atoms with Crippen molar-refractivity contribution in [1.82, 2.24) is 0 Å². The molecule has 0 spiro atoms. The van der Waals surface area contributed by atoms with E-state index in [4.69, 9.17) is 0 Å². The summed E-state index contributed by atoms with van der Waals surface area (Å²) in [7, 11) is 0. The van der Waals surface area contributed by atoms with Gasteiger partial charge in [-0.3, -0.25) is 0 Å². The van der Waals surface area contributed by atoms with Crippen molar-refractivity contribution in [3.63, 3.8) is 0 Å². The molecule has 0 aromatic heterocycles. The van der Waals surface area contributed by atoms with Crippen molar-refractivity contribution in [2.45, 2.75) is 12.3 Å². The molecular weight excluding hydrogens is 416 g/mol. The molecule has 6 rings (SSSR count). The van der Waals surface area contributed by atoms with Crippen molar-refractivity contribution in [3.8, 4) is 0 Å². The number of benzene rings is 5. The molecule has 0 fully saturated rings. The smallest absolute Gasteiger partial charge is 0.0332 e. The Kier molecular flexibility index (Phi) is 3.85. The normalized spacial score (nSPS) is 15.8. The number of fused-ring (bicyclic) bond motifs is 5. The Morgan fingerprint density at radius 1 is 0.621 bits per heavy atom. The van der Waals surface area contributed by atoms with Gasteiger partial charge in [0.05, 0.1) is 0 Å². The number of allylic oxidation sites excluding steroid dienone is 1. The van der Waals surface area contributed by atoms with Crippen LogP contribution in [0.1, 0.15) is 22.6 Å². The molecule has 0 radical (unpaired) electrons. The van der Waals surface area contributed by atoms with Crippen LogP contribution >= 0.6 is 15.9 Å². The van der Waals surface area contributed by atoms with Crippen LogP contribution in [-0.4, -0.2) is 0 Å². The zero-order chi connectivity index (χ0) is 19.4. The van der Waals surface area contributed by atoms with Gasteiger partial charge in [-0.25, -0.2) is 0 Å². The summed E-state index contributed by atoms with van der Waals surface area (Å²) < 4.78 is 1.19. The first-order valence-corrected chi connectivity index (χ1v) is 10.9. The average molecular weight is 435 g/mol. The minimum Gasteiger partial charge on any atom is -0.0760 e. The Morgan fingerprint density at radius 3 is 1.90 bits per heavy atom. The molecule has 5 aromatic carbocycles. The maximum absolute atomic E-state index is 3.88. The second-order valence-electron chi connectivity index (χ2n) is 7.84. The van der Waals surface area contributed by atoms with Crippen LogP contribution in [0.5, 0.6) is 0 Å². The maximum atomic E-state index is 3.88. The standard InChI is InChI=1S/C28H19Br/c29-28-24-11-5-3-9-22(24)27(23-10-4-6-12-25(23)28)20-16-15-19-14-13-18-7-1-2-8-21(18)26(19)17-20/h1-16,20H,17H2. The van der Waals surface area contributed by atoms with Crippen LogP contribution in [-0.2, 0) is 6.42 Å². The molecule has 0 N–H and O–H groups in total. The molecule has 29 heavy (non-hydrogen) atoms. The van der Waals surface area contributed by atoms with E-state index < -0.39 is 0 Å². The Bertz CT molecular complexity index is 1380. The van der Waals surface area contributed by atoms with Gasteiger partial charge in [0.1, 0.15) is 0 Å². The predicted octanol–water partition coefficient (Wildman–Crippen LogP) is 8.26. The van der Waals surface area contributed by atoms with Crippen molar-refractivity contribution in [1.29, 1.82) is 0 Å². The topological polar surface area (TPSA) is 0 Å². The van der Waals surface area contributed by atoms with Gasteiger partial charge in [0.25, 0.3) is 0 Å². The third-order valence-corrected chi connectivity index (χ3v) is 7.14. The van der Waals surface area contributed by atoms with Crippen molar-refractivity contribution < 1.29 is 0 Å². The van der Waals surface area contributed by atoms with Crippen LogP contribution in [0.4, 0.5) is 0 Å². The highest BCUT2D eigenvalue weighted by Gasteiger charge is 2.22. The monoisotopic (exact) mass is 434 g/mol. The Balaban J connectivity index is 1.64. The molecule has 0 amide bonds. The maximum Gasteiger partial charge on any atom is 0.0332 e. The van der Waals surface area contributed by atoms with E-state index in [-0.39, 0.29) is 0 Å². The Hall–Kier alpha value is -2.90. The van der Waals surface area contributed by atoms with Crippen LogP contribution in [0.25, 0.3) is 38.4 Å².